The second-order valence-electron chi connectivity index (χ2n) is 6.82. The Hall–Kier alpha value is -1.89. The third-order valence-corrected chi connectivity index (χ3v) is 5.33. The fraction of sp³-hybridized carbons (Fsp3) is 0.688. The number of hydrogen-bond donors (Lipinski definition) is 1. The topological polar surface area (TPSA) is 72.0 Å². The molecule has 4 rings (SSSR count). The molecule has 1 aliphatic carbocycles. The number of aliphatic hydroxyl groups excluding tert-OH is 1. The van der Waals surface area contributed by atoms with E-state index in [1.165, 1.54) is 0 Å². The average molecular weight is 316 g/mol. The van der Waals surface area contributed by atoms with Crippen molar-refractivity contribution in [3.63, 3.8) is 0 Å². The lowest BCUT2D eigenvalue weighted by Crippen LogP contribution is -2.35. The van der Waals surface area contributed by atoms with Crippen molar-refractivity contribution in [2.45, 2.75) is 44.9 Å². The number of imidazole rings is 1. The quantitative estimate of drug-likeness (QED) is 0.921. The third kappa shape index (κ3) is 2.63. The molecule has 2 aromatic rings. The van der Waals surface area contributed by atoms with E-state index in [0.29, 0.717) is 11.8 Å². The molecule has 7 heteroatoms. The van der Waals surface area contributed by atoms with Crippen LogP contribution in [0.5, 0.6) is 0 Å². The van der Waals surface area contributed by atoms with Crippen LogP contribution >= 0.6 is 0 Å². The van der Waals surface area contributed by atoms with Crippen molar-refractivity contribution >= 4 is 5.95 Å². The molecular formula is C16H24N6O. The van der Waals surface area contributed by atoms with Crippen LogP contribution < -0.4 is 4.90 Å². The van der Waals surface area contributed by atoms with Crippen LogP contribution in [-0.2, 0) is 6.54 Å². The van der Waals surface area contributed by atoms with Crippen LogP contribution in [0.1, 0.15) is 32.2 Å². The molecule has 2 aromatic heterocycles. The smallest absolute Gasteiger partial charge is 0.223 e. The minimum Gasteiger partial charge on any atom is -0.391 e. The molecular weight excluding hydrogens is 292 g/mol. The molecule has 0 amide bonds. The summed E-state index contributed by atoms with van der Waals surface area (Å²) in [7, 11) is 0. The number of anilines is 1. The van der Waals surface area contributed by atoms with Crippen molar-refractivity contribution in [1.29, 1.82) is 0 Å². The van der Waals surface area contributed by atoms with Crippen molar-refractivity contribution in [1.82, 2.24) is 24.3 Å². The highest BCUT2D eigenvalue weighted by molar-refractivity contribution is 5.32. The summed E-state index contributed by atoms with van der Waals surface area (Å²) in [6.07, 6.45) is 9.82. The first-order valence-corrected chi connectivity index (χ1v) is 8.54. The molecule has 1 N–H and O–H groups in total. The van der Waals surface area contributed by atoms with Gasteiger partial charge in [-0.1, -0.05) is 6.92 Å². The highest BCUT2D eigenvalue weighted by Gasteiger charge is 2.43. The molecule has 3 heterocycles. The van der Waals surface area contributed by atoms with Gasteiger partial charge in [-0.15, -0.1) is 0 Å². The standard InChI is InChI=1S/C16H24N6O/c1-2-4-22-16(18-10-19-22)21-8-12-6-14(20-5-3-17-11-20)15(23)7-13(12)9-21/h3,5,10-15,23H,2,4,6-9H2,1H3/t12-,13+,14-,15-/m1/s1. The zero-order valence-electron chi connectivity index (χ0n) is 13.5. The number of rotatable bonds is 4. The molecule has 2 fully saturated rings. The summed E-state index contributed by atoms with van der Waals surface area (Å²) >= 11 is 0. The summed E-state index contributed by atoms with van der Waals surface area (Å²) in [5.41, 5.74) is 0. The number of aliphatic hydroxyl groups is 1. The molecule has 1 saturated heterocycles. The second-order valence-corrected chi connectivity index (χ2v) is 6.82. The van der Waals surface area contributed by atoms with E-state index in [9.17, 15) is 5.11 Å². The number of aryl methyl sites for hydroxylation is 1. The van der Waals surface area contributed by atoms with Crippen LogP contribution in [0.3, 0.4) is 0 Å². The summed E-state index contributed by atoms with van der Waals surface area (Å²) in [6, 6.07) is 0.146. The maximum absolute atomic E-state index is 10.5. The fourth-order valence-corrected chi connectivity index (χ4v) is 4.23. The van der Waals surface area contributed by atoms with Gasteiger partial charge in [0.1, 0.15) is 6.33 Å². The molecule has 7 nitrogen and oxygen atoms in total. The Balaban J connectivity index is 1.50. The van der Waals surface area contributed by atoms with Gasteiger partial charge in [-0.05, 0) is 31.1 Å². The minimum atomic E-state index is -0.293. The Morgan fingerprint density at radius 2 is 2.09 bits per heavy atom. The van der Waals surface area contributed by atoms with E-state index in [1.807, 2.05) is 17.2 Å². The van der Waals surface area contributed by atoms with Crippen molar-refractivity contribution in [3.05, 3.63) is 25.0 Å². The molecule has 0 unspecified atom stereocenters. The van der Waals surface area contributed by atoms with Gasteiger partial charge in [0.15, 0.2) is 0 Å². The van der Waals surface area contributed by atoms with E-state index in [0.717, 1.165) is 44.8 Å². The zero-order chi connectivity index (χ0) is 15.8. The molecule has 0 spiro atoms. The van der Waals surface area contributed by atoms with Crippen LogP contribution in [0.2, 0.25) is 0 Å². The van der Waals surface area contributed by atoms with Crippen LogP contribution in [0.25, 0.3) is 0 Å². The van der Waals surface area contributed by atoms with E-state index >= 15 is 0 Å². The molecule has 1 aliphatic heterocycles. The monoisotopic (exact) mass is 316 g/mol. The first kappa shape index (κ1) is 14.7. The molecule has 4 atom stereocenters. The van der Waals surface area contributed by atoms with E-state index in [-0.39, 0.29) is 12.1 Å². The lowest BCUT2D eigenvalue weighted by molar-refractivity contribution is 0.0358. The Labute approximate surface area is 136 Å². The first-order chi connectivity index (χ1) is 11.3. The first-order valence-electron chi connectivity index (χ1n) is 8.54. The van der Waals surface area contributed by atoms with E-state index in [1.54, 1.807) is 12.5 Å². The van der Waals surface area contributed by atoms with Crippen LogP contribution in [0.4, 0.5) is 5.95 Å². The normalized spacial score (nSPS) is 30.6. The van der Waals surface area contributed by atoms with E-state index < -0.39 is 0 Å². The van der Waals surface area contributed by atoms with Gasteiger partial charge in [0.05, 0.1) is 18.5 Å². The lowest BCUT2D eigenvalue weighted by atomic mass is 9.77. The van der Waals surface area contributed by atoms with Crippen LogP contribution in [0.15, 0.2) is 25.0 Å². The predicted octanol–water partition coefficient (Wildman–Crippen LogP) is 1.33. The highest BCUT2D eigenvalue weighted by atomic mass is 16.3. The van der Waals surface area contributed by atoms with Crippen molar-refractivity contribution in [2.24, 2.45) is 11.8 Å². The second kappa shape index (κ2) is 5.96. The molecule has 0 radical (unpaired) electrons. The van der Waals surface area contributed by atoms with Crippen LogP contribution in [0, 0.1) is 11.8 Å². The Morgan fingerprint density at radius 1 is 1.26 bits per heavy atom. The van der Waals surface area contributed by atoms with Gasteiger partial charge in [-0.25, -0.2) is 9.67 Å². The Bertz CT molecular complexity index is 639. The van der Waals surface area contributed by atoms with E-state index in [4.69, 9.17) is 0 Å². The van der Waals surface area contributed by atoms with Gasteiger partial charge < -0.3 is 14.6 Å². The summed E-state index contributed by atoms with van der Waals surface area (Å²) < 4.78 is 4.06. The van der Waals surface area contributed by atoms with Gasteiger partial charge in [0.25, 0.3) is 0 Å². The maximum atomic E-state index is 10.5. The molecule has 2 aliphatic rings. The summed E-state index contributed by atoms with van der Waals surface area (Å²) in [4.78, 5) is 10.9. The molecule has 124 valence electrons. The molecule has 1 saturated carbocycles. The van der Waals surface area contributed by atoms with Gasteiger partial charge in [-0.3, -0.25) is 0 Å². The summed E-state index contributed by atoms with van der Waals surface area (Å²) in [6.45, 7) is 5.04. The highest BCUT2D eigenvalue weighted by Crippen LogP contribution is 2.42. The number of nitrogens with zero attached hydrogens (tertiary/aromatic N) is 6. The minimum absolute atomic E-state index is 0.146. The van der Waals surface area contributed by atoms with E-state index in [2.05, 4.69) is 31.5 Å². The fourth-order valence-electron chi connectivity index (χ4n) is 4.23. The van der Waals surface area contributed by atoms with Gasteiger partial charge in [-0.2, -0.15) is 10.1 Å². The molecule has 23 heavy (non-hydrogen) atoms. The van der Waals surface area contributed by atoms with Gasteiger partial charge >= 0.3 is 0 Å². The number of fused-ring (bicyclic) bond motifs is 1. The van der Waals surface area contributed by atoms with Crippen molar-refractivity contribution < 1.29 is 5.11 Å². The number of aromatic nitrogens is 5. The zero-order valence-corrected chi connectivity index (χ0v) is 13.5. The Morgan fingerprint density at radius 3 is 2.83 bits per heavy atom. The molecule has 0 aromatic carbocycles. The SMILES string of the molecule is CCCn1ncnc1N1C[C@H]2C[C@@H](n3ccnc3)[C@H](O)C[C@H]2C1. The maximum Gasteiger partial charge on any atom is 0.223 e. The van der Waals surface area contributed by atoms with Crippen molar-refractivity contribution in [3.8, 4) is 0 Å². The molecule has 0 bridgehead atoms. The lowest BCUT2D eigenvalue weighted by Gasteiger charge is -2.35. The largest absolute Gasteiger partial charge is 0.391 e. The van der Waals surface area contributed by atoms with Gasteiger partial charge in [0.2, 0.25) is 5.95 Å². The predicted molar refractivity (Wildman–Crippen MR) is 86.0 cm³/mol. The summed E-state index contributed by atoms with van der Waals surface area (Å²) in [5, 5.41) is 14.9. The van der Waals surface area contributed by atoms with Crippen LogP contribution in [-0.4, -0.2) is 48.6 Å². The van der Waals surface area contributed by atoms with Crippen molar-refractivity contribution in [2.75, 3.05) is 18.0 Å². The number of hydrogen-bond acceptors (Lipinski definition) is 5. The summed E-state index contributed by atoms with van der Waals surface area (Å²) in [5.74, 6) is 2.11. The van der Waals surface area contributed by atoms with Gasteiger partial charge in [0, 0.05) is 32.0 Å². The average Bonchev–Trinajstić information content (AvgIpc) is 3.26. The Kier molecular flexibility index (Phi) is 3.80. The third-order valence-electron chi connectivity index (χ3n) is 5.33.